The molecule has 0 aromatic heterocycles. The molecule has 9 heteroatoms. The highest BCUT2D eigenvalue weighted by molar-refractivity contribution is 5.96. The molecular weight excluding hydrogens is 440 g/mol. The third kappa shape index (κ3) is 4.58. The van der Waals surface area contributed by atoms with Crippen molar-refractivity contribution in [3.05, 3.63) is 47.3 Å². The lowest BCUT2D eigenvalue weighted by Gasteiger charge is -2.33. The van der Waals surface area contributed by atoms with Crippen LogP contribution in [0.25, 0.3) is 0 Å². The number of fused-ring (bicyclic) bond motifs is 1. The largest absolute Gasteiger partial charge is 0.494 e. The van der Waals surface area contributed by atoms with Gasteiger partial charge in [0, 0.05) is 36.8 Å². The number of anilines is 2. The molecule has 0 spiro atoms. The van der Waals surface area contributed by atoms with Gasteiger partial charge in [-0.1, -0.05) is 12.1 Å². The summed E-state index contributed by atoms with van der Waals surface area (Å²) >= 11 is 0. The maximum absolute atomic E-state index is 13.3. The number of amides is 1. The molecule has 2 aromatic rings. The van der Waals surface area contributed by atoms with Crippen molar-refractivity contribution in [2.75, 3.05) is 31.0 Å². The van der Waals surface area contributed by atoms with E-state index in [0.717, 1.165) is 29.8 Å². The minimum absolute atomic E-state index is 0.0409. The third-order valence-electron chi connectivity index (χ3n) is 6.45. The molecule has 1 N–H and O–H groups in total. The standard InChI is InChI=1S/C24H26F4N2O3/c1-32-19-12-18-17(4-3-11-30(18)14-15-5-7-16(25)8-6-15)22(33-2)21(19)29-20(31)13-23(9-10-23)24(26,27)28/h5-8,12H,3-4,9-11,13-14H2,1-2H3,(H,29,31). The fourth-order valence-corrected chi connectivity index (χ4v) is 4.43. The van der Waals surface area contributed by atoms with Crippen LogP contribution in [-0.4, -0.2) is 32.8 Å². The van der Waals surface area contributed by atoms with Crippen molar-refractivity contribution < 1.29 is 31.8 Å². The normalized spacial score (nSPS) is 16.7. The number of hydrogen-bond acceptors (Lipinski definition) is 4. The van der Waals surface area contributed by atoms with E-state index in [4.69, 9.17) is 9.47 Å². The van der Waals surface area contributed by atoms with Crippen LogP contribution in [0, 0.1) is 11.2 Å². The van der Waals surface area contributed by atoms with E-state index in [1.54, 1.807) is 18.2 Å². The Balaban J connectivity index is 1.63. The number of carbonyl (C=O) groups excluding carboxylic acids is 1. The molecule has 0 bridgehead atoms. The number of alkyl halides is 3. The summed E-state index contributed by atoms with van der Waals surface area (Å²) in [5.74, 6) is -0.333. The summed E-state index contributed by atoms with van der Waals surface area (Å²) in [6.45, 7) is 1.30. The molecule has 2 aliphatic rings. The second-order valence-electron chi connectivity index (χ2n) is 8.64. The van der Waals surface area contributed by atoms with Gasteiger partial charge in [0.05, 0.1) is 19.6 Å². The fraction of sp³-hybridized carbons (Fsp3) is 0.458. The van der Waals surface area contributed by atoms with E-state index < -0.39 is 23.9 Å². The number of methoxy groups -OCH3 is 2. The first-order chi connectivity index (χ1) is 15.7. The van der Waals surface area contributed by atoms with E-state index in [0.29, 0.717) is 24.5 Å². The van der Waals surface area contributed by atoms with Gasteiger partial charge in [0.25, 0.3) is 0 Å². The summed E-state index contributed by atoms with van der Waals surface area (Å²) in [7, 11) is 2.89. The Morgan fingerprint density at radius 3 is 2.42 bits per heavy atom. The lowest BCUT2D eigenvalue weighted by molar-refractivity contribution is -0.189. The highest BCUT2D eigenvalue weighted by Gasteiger charge is 2.63. The summed E-state index contributed by atoms with van der Waals surface area (Å²) in [6.07, 6.45) is -3.62. The van der Waals surface area contributed by atoms with Gasteiger partial charge >= 0.3 is 6.18 Å². The molecule has 0 saturated heterocycles. The van der Waals surface area contributed by atoms with Gasteiger partial charge in [-0.25, -0.2) is 4.39 Å². The number of ether oxygens (including phenoxy) is 2. The number of benzene rings is 2. The predicted molar refractivity (Wildman–Crippen MR) is 116 cm³/mol. The minimum Gasteiger partial charge on any atom is -0.494 e. The summed E-state index contributed by atoms with van der Waals surface area (Å²) in [5, 5.41) is 2.62. The quantitative estimate of drug-likeness (QED) is 0.550. The topological polar surface area (TPSA) is 50.8 Å². The zero-order valence-corrected chi connectivity index (χ0v) is 18.5. The first-order valence-corrected chi connectivity index (χ1v) is 10.8. The number of rotatable bonds is 7. The van der Waals surface area contributed by atoms with Crippen LogP contribution in [0.15, 0.2) is 30.3 Å². The second kappa shape index (κ2) is 8.76. The molecule has 178 valence electrons. The maximum atomic E-state index is 13.3. The number of halogens is 4. The first-order valence-electron chi connectivity index (χ1n) is 10.8. The number of nitrogens with one attached hydrogen (secondary N) is 1. The van der Waals surface area contributed by atoms with Crippen molar-refractivity contribution in [2.45, 2.75) is 44.8 Å². The molecule has 4 rings (SSSR count). The molecule has 0 atom stereocenters. The van der Waals surface area contributed by atoms with Crippen LogP contribution in [0.5, 0.6) is 11.5 Å². The molecule has 0 radical (unpaired) electrons. The van der Waals surface area contributed by atoms with E-state index in [1.165, 1.54) is 26.4 Å². The molecule has 2 aromatic carbocycles. The Morgan fingerprint density at radius 1 is 1.15 bits per heavy atom. The van der Waals surface area contributed by atoms with Gasteiger partial charge in [-0.3, -0.25) is 4.79 Å². The van der Waals surface area contributed by atoms with E-state index in [9.17, 15) is 22.4 Å². The molecule has 1 saturated carbocycles. The SMILES string of the molecule is COc1cc2c(c(OC)c1NC(=O)CC1(C(F)(F)F)CC1)CCCN2Cc1ccc(F)cc1. The van der Waals surface area contributed by atoms with Gasteiger partial charge < -0.3 is 19.7 Å². The van der Waals surface area contributed by atoms with Gasteiger partial charge in [-0.2, -0.15) is 13.2 Å². The van der Waals surface area contributed by atoms with E-state index in [-0.39, 0.29) is 24.3 Å². The summed E-state index contributed by atoms with van der Waals surface area (Å²) in [4.78, 5) is 14.7. The average molecular weight is 466 g/mol. The van der Waals surface area contributed by atoms with Crippen LogP contribution < -0.4 is 19.7 Å². The second-order valence-corrected chi connectivity index (χ2v) is 8.64. The maximum Gasteiger partial charge on any atom is 0.395 e. The molecule has 1 aliphatic carbocycles. The average Bonchev–Trinajstić information content (AvgIpc) is 3.56. The number of hydrogen-bond donors (Lipinski definition) is 1. The van der Waals surface area contributed by atoms with Gasteiger partial charge in [-0.15, -0.1) is 0 Å². The van der Waals surface area contributed by atoms with Gasteiger partial charge in [0.1, 0.15) is 17.3 Å². The van der Waals surface area contributed by atoms with Crippen LogP contribution in [0.2, 0.25) is 0 Å². The van der Waals surface area contributed by atoms with E-state index >= 15 is 0 Å². The molecule has 5 nitrogen and oxygen atoms in total. The van der Waals surface area contributed by atoms with Crippen molar-refractivity contribution in [2.24, 2.45) is 5.41 Å². The lowest BCUT2D eigenvalue weighted by atomic mass is 9.97. The van der Waals surface area contributed by atoms with Crippen LogP contribution in [0.3, 0.4) is 0 Å². The monoisotopic (exact) mass is 466 g/mol. The molecule has 1 fully saturated rings. The van der Waals surface area contributed by atoms with Crippen LogP contribution in [-0.2, 0) is 17.8 Å². The zero-order chi connectivity index (χ0) is 23.8. The van der Waals surface area contributed by atoms with Crippen molar-refractivity contribution in [1.82, 2.24) is 0 Å². The Hall–Kier alpha value is -2.97. The van der Waals surface area contributed by atoms with E-state index in [1.807, 2.05) is 0 Å². The van der Waals surface area contributed by atoms with Gasteiger partial charge in [0.2, 0.25) is 5.91 Å². The smallest absolute Gasteiger partial charge is 0.395 e. The Labute approximate surface area is 189 Å². The molecule has 1 heterocycles. The summed E-state index contributed by atoms with van der Waals surface area (Å²) in [6, 6.07) is 8.04. The van der Waals surface area contributed by atoms with Crippen LogP contribution >= 0.6 is 0 Å². The van der Waals surface area contributed by atoms with Crippen molar-refractivity contribution >= 4 is 17.3 Å². The van der Waals surface area contributed by atoms with Gasteiger partial charge in [-0.05, 0) is 43.4 Å². The molecule has 33 heavy (non-hydrogen) atoms. The Kier molecular flexibility index (Phi) is 6.16. The molecular formula is C24H26F4N2O3. The third-order valence-corrected chi connectivity index (χ3v) is 6.45. The highest BCUT2D eigenvalue weighted by atomic mass is 19.4. The highest BCUT2D eigenvalue weighted by Crippen LogP contribution is 2.60. The predicted octanol–water partition coefficient (Wildman–Crippen LogP) is 5.47. The zero-order valence-electron chi connectivity index (χ0n) is 18.5. The first kappa shape index (κ1) is 23.2. The molecule has 0 unspecified atom stereocenters. The van der Waals surface area contributed by atoms with Crippen molar-refractivity contribution in [3.8, 4) is 11.5 Å². The fourth-order valence-electron chi connectivity index (χ4n) is 4.43. The van der Waals surface area contributed by atoms with Gasteiger partial charge in [0.15, 0.2) is 5.75 Å². The molecule has 1 amide bonds. The summed E-state index contributed by atoms with van der Waals surface area (Å²) in [5.41, 5.74) is 0.939. The van der Waals surface area contributed by atoms with Crippen molar-refractivity contribution in [1.29, 1.82) is 0 Å². The Bertz CT molecular complexity index is 1030. The number of nitrogens with zero attached hydrogens (tertiary/aromatic N) is 1. The lowest BCUT2D eigenvalue weighted by Crippen LogP contribution is -2.31. The Morgan fingerprint density at radius 2 is 1.85 bits per heavy atom. The van der Waals surface area contributed by atoms with Crippen molar-refractivity contribution in [3.63, 3.8) is 0 Å². The summed E-state index contributed by atoms with van der Waals surface area (Å²) < 4.78 is 64.3. The number of carbonyl (C=O) groups is 1. The van der Waals surface area contributed by atoms with Crippen LogP contribution in [0.1, 0.15) is 36.8 Å². The minimum atomic E-state index is -4.41. The van der Waals surface area contributed by atoms with Crippen LogP contribution in [0.4, 0.5) is 28.9 Å². The molecule has 1 aliphatic heterocycles. The van der Waals surface area contributed by atoms with E-state index in [2.05, 4.69) is 10.2 Å².